The normalized spacial score (nSPS) is 13.3. The molecule has 3 aromatic heterocycles. The second-order valence-electron chi connectivity index (χ2n) is 16.4. The highest BCUT2D eigenvalue weighted by Crippen LogP contribution is 2.41. The van der Waals surface area contributed by atoms with Gasteiger partial charge in [-0.25, -0.2) is 9.97 Å². The first-order valence-electron chi connectivity index (χ1n) is 23.2. The van der Waals surface area contributed by atoms with Crippen molar-refractivity contribution in [2.24, 2.45) is 0 Å². The lowest BCUT2D eigenvalue weighted by Gasteiger charge is -2.30. The van der Waals surface area contributed by atoms with Crippen LogP contribution in [-0.2, 0) is 0 Å². The van der Waals surface area contributed by atoms with E-state index in [2.05, 4.69) is 103 Å². The standard InChI is InChI=1S/C56H46N4O2/c1-37-32-52(57-35-48(37)40-22-12-7-13-23-40)60-50-29-15-14-26-46(50)47-31-30-43(34-51(47)60)62-42-25-16-24-41(33-42)49-36-61-55(58-49)54(59-56(2,3)4)53-44(38-18-8-5-9-19-38)27-17-28-45(53)39-20-10-6-11-21-39/h5-36,54,59H,1-4H3/i7D,12D,13D,22D,23D. The van der Waals surface area contributed by atoms with Gasteiger partial charge in [-0.2, -0.15) is 0 Å². The predicted molar refractivity (Wildman–Crippen MR) is 253 cm³/mol. The van der Waals surface area contributed by atoms with Crippen LogP contribution in [0.4, 0.5) is 0 Å². The summed E-state index contributed by atoms with van der Waals surface area (Å²) >= 11 is 0. The number of nitrogens with one attached hydrogen (secondary N) is 1. The molecular weight excluding hydrogens is 761 g/mol. The molecule has 0 aliphatic carbocycles. The van der Waals surface area contributed by atoms with E-state index in [4.69, 9.17) is 26.0 Å². The van der Waals surface area contributed by atoms with E-state index in [1.165, 1.54) is 0 Å². The molecule has 0 saturated heterocycles. The summed E-state index contributed by atoms with van der Waals surface area (Å²) in [6.07, 6.45) is 3.30. The van der Waals surface area contributed by atoms with E-state index in [9.17, 15) is 0 Å². The molecule has 0 saturated carbocycles. The van der Waals surface area contributed by atoms with E-state index in [0.29, 0.717) is 40.0 Å². The van der Waals surface area contributed by atoms with Crippen molar-refractivity contribution in [1.82, 2.24) is 19.9 Å². The lowest BCUT2D eigenvalue weighted by molar-refractivity contribution is 0.345. The number of ether oxygens (including phenoxy) is 1. The Morgan fingerprint density at radius 1 is 0.629 bits per heavy atom. The minimum atomic E-state index is -0.431. The minimum absolute atomic E-state index is 0.122. The molecule has 3 heterocycles. The molecule has 0 bridgehead atoms. The summed E-state index contributed by atoms with van der Waals surface area (Å²) in [5, 5.41) is 5.89. The fourth-order valence-electron chi connectivity index (χ4n) is 8.28. The Kier molecular flexibility index (Phi) is 8.65. The lowest BCUT2D eigenvalue weighted by atomic mass is 9.86. The molecule has 0 amide bonds. The highest BCUT2D eigenvalue weighted by Gasteiger charge is 2.30. The Labute approximate surface area is 369 Å². The minimum Gasteiger partial charge on any atom is -0.457 e. The molecule has 1 atom stereocenters. The smallest absolute Gasteiger partial charge is 0.216 e. The van der Waals surface area contributed by atoms with E-state index >= 15 is 0 Å². The number of para-hydroxylation sites is 1. The van der Waals surface area contributed by atoms with Crippen LogP contribution in [0.15, 0.2) is 199 Å². The van der Waals surface area contributed by atoms with Crippen LogP contribution in [-0.4, -0.2) is 20.1 Å². The zero-order chi connectivity index (χ0) is 46.6. The molecule has 0 fully saturated rings. The zero-order valence-corrected chi connectivity index (χ0v) is 34.8. The van der Waals surface area contributed by atoms with E-state index in [-0.39, 0.29) is 35.3 Å². The maximum Gasteiger partial charge on any atom is 0.216 e. The summed E-state index contributed by atoms with van der Waals surface area (Å²) in [4.78, 5) is 10.0. The van der Waals surface area contributed by atoms with Crippen LogP contribution in [0.25, 0.3) is 72.3 Å². The Balaban J connectivity index is 1.01. The third-order valence-corrected chi connectivity index (χ3v) is 11.0. The molecule has 6 heteroatoms. The van der Waals surface area contributed by atoms with E-state index in [1.54, 1.807) is 12.5 Å². The van der Waals surface area contributed by atoms with Crippen molar-refractivity contribution >= 4 is 21.8 Å². The van der Waals surface area contributed by atoms with Gasteiger partial charge >= 0.3 is 0 Å². The average Bonchev–Trinajstić information content (AvgIpc) is 3.96. The summed E-state index contributed by atoms with van der Waals surface area (Å²) in [5.74, 6) is 2.39. The van der Waals surface area contributed by atoms with Gasteiger partial charge in [0.15, 0.2) is 0 Å². The Morgan fingerprint density at radius 2 is 1.27 bits per heavy atom. The first-order chi connectivity index (χ1) is 32.3. The van der Waals surface area contributed by atoms with Gasteiger partial charge in [0.1, 0.15) is 35.3 Å². The van der Waals surface area contributed by atoms with E-state index < -0.39 is 12.1 Å². The zero-order valence-electron chi connectivity index (χ0n) is 39.8. The highest BCUT2D eigenvalue weighted by atomic mass is 16.5. The summed E-state index contributed by atoms with van der Waals surface area (Å²) < 4.78 is 56.8. The van der Waals surface area contributed by atoms with Crippen molar-refractivity contribution in [3.8, 4) is 62.0 Å². The van der Waals surface area contributed by atoms with Crippen molar-refractivity contribution in [1.29, 1.82) is 0 Å². The second-order valence-corrected chi connectivity index (χ2v) is 16.4. The summed E-state index contributed by atoms with van der Waals surface area (Å²) in [6.45, 7) is 8.31. The molecule has 0 aliphatic rings. The van der Waals surface area contributed by atoms with Crippen LogP contribution in [0.2, 0.25) is 0 Å². The molecular formula is C56H46N4O2. The van der Waals surface area contributed by atoms with Gasteiger partial charge in [-0.15, -0.1) is 0 Å². The number of oxazole rings is 1. The van der Waals surface area contributed by atoms with Crippen LogP contribution in [0, 0.1) is 6.92 Å². The largest absolute Gasteiger partial charge is 0.457 e. The van der Waals surface area contributed by atoms with Crippen molar-refractivity contribution < 1.29 is 16.0 Å². The number of nitrogens with zero attached hydrogens (tertiary/aromatic N) is 3. The molecule has 7 aromatic carbocycles. The van der Waals surface area contributed by atoms with Gasteiger partial charge in [-0.3, -0.25) is 9.88 Å². The molecule has 1 unspecified atom stereocenters. The fraction of sp³-hybridized carbons (Fsp3) is 0.107. The average molecular weight is 812 g/mol. The number of hydrogen-bond donors (Lipinski definition) is 1. The van der Waals surface area contributed by atoms with Crippen LogP contribution in [0.3, 0.4) is 0 Å². The van der Waals surface area contributed by atoms with Crippen LogP contribution in [0.5, 0.6) is 11.5 Å². The van der Waals surface area contributed by atoms with E-state index in [1.807, 2.05) is 85.8 Å². The Morgan fingerprint density at radius 3 is 1.98 bits per heavy atom. The molecule has 1 N–H and O–H groups in total. The van der Waals surface area contributed by atoms with Crippen LogP contribution in [0.1, 0.15) is 50.7 Å². The maximum atomic E-state index is 8.57. The van der Waals surface area contributed by atoms with Crippen LogP contribution < -0.4 is 10.1 Å². The molecule has 62 heavy (non-hydrogen) atoms. The number of aromatic nitrogens is 3. The summed E-state index contributed by atoms with van der Waals surface area (Å²) in [5.41, 5.74) is 9.75. The first kappa shape index (κ1) is 33.2. The first-order valence-corrected chi connectivity index (χ1v) is 20.7. The summed E-state index contributed by atoms with van der Waals surface area (Å²) in [6, 6.07) is 49.0. The second kappa shape index (κ2) is 16.1. The third kappa shape index (κ3) is 7.57. The molecule has 0 spiro atoms. The number of pyridine rings is 1. The van der Waals surface area contributed by atoms with Crippen molar-refractivity contribution in [3.63, 3.8) is 0 Å². The number of benzene rings is 7. The fourth-order valence-corrected chi connectivity index (χ4v) is 8.28. The summed E-state index contributed by atoms with van der Waals surface area (Å²) in [7, 11) is 0. The molecule has 6 nitrogen and oxygen atoms in total. The van der Waals surface area contributed by atoms with Gasteiger partial charge in [0.25, 0.3) is 0 Å². The Bertz CT molecular complexity index is 3400. The van der Waals surface area contributed by atoms with Gasteiger partial charge < -0.3 is 9.15 Å². The highest BCUT2D eigenvalue weighted by molar-refractivity contribution is 6.09. The SMILES string of the molecule is [2H]c1c([2H])c([2H])c(-c2cnc(-n3c4ccccc4c4ccc(Oc5cccc(-c6coc(C(NC(C)(C)C)c7c(-c8ccccc8)cccc7-c7ccccc7)n6)c5)cc43)cc2C)c([2H])c1[2H]. The molecule has 0 radical (unpaired) electrons. The molecule has 10 rings (SSSR count). The quantitative estimate of drug-likeness (QED) is 0.149. The lowest BCUT2D eigenvalue weighted by Crippen LogP contribution is -2.39. The number of aryl methyl sites for hydroxylation is 1. The van der Waals surface area contributed by atoms with Gasteiger partial charge in [0.05, 0.1) is 17.9 Å². The number of rotatable bonds is 10. The Hall–Kier alpha value is -7.54. The number of hydrogen-bond acceptors (Lipinski definition) is 5. The molecule has 0 aliphatic heterocycles. The monoisotopic (exact) mass is 811 g/mol. The topological polar surface area (TPSA) is 65.1 Å². The maximum absolute atomic E-state index is 8.57. The third-order valence-electron chi connectivity index (χ3n) is 11.0. The van der Waals surface area contributed by atoms with Gasteiger partial charge in [-0.1, -0.05) is 139 Å². The van der Waals surface area contributed by atoms with Gasteiger partial charge in [0.2, 0.25) is 5.89 Å². The molecule has 10 aromatic rings. The van der Waals surface area contributed by atoms with E-state index in [0.717, 1.165) is 55.2 Å². The van der Waals surface area contributed by atoms with Crippen molar-refractivity contribution in [2.45, 2.75) is 39.3 Å². The van der Waals surface area contributed by atoms with Crippen molar-refractivity contribution in [3.05, 3.63) is 211 Å². The predicted octanol–water partition coefficient (Wildman–Crippen LogP) is 14.4. The van der Waals surface area contributed by atoms with Crippen molar-refractivity contribution in [2.75, 3.05) is 0 Å². The molecule has 302 valence electrons. The number of fused-ring (bicyclic) bond motifs is 3. The van der Waals surface area contributed by atoms with Crippen LogP contribution >= 0.6 is 0 Å². The van der Waals surface area contributed by atoms with Gasteiger partial charge in [0, 0.05) is 39.7 Å². The van der Waals surface area contributed by atoms with Gasteiger partial charge in [-0.05, 0) is 103 Å².